The van der Waals surface area contributed by atoms with Crippen molar-refractivity contribution in [3.8, 4) is 0 Å². The lowest BCUT2D eigenvalue weighted by Crippen LogP contribution is -2.50. The molecule has 0 saturated carbocycles. The Morgan fingerprint density at radius 3 is 2.96 bits per heavy atom. The monoisotopic (exact) mass is 331 g/mol. The number of ether oxygens (including phenoxy) is 1. The van der Waals surface area contributed by atoms with Crippen molar-refractivity contribution in [3.05, 3.63) is 42.1 Å². The van der Waals surface area contributed by atoms with Gasteiger partial charge in [-0.1, -0.05) is 0 Å². The molecule has 0 N–H and O–H groups in total. The fourth-order valence-electron chi connectivity index (χ4n) is 2.92. The van der Waals surface area contributed by atoms with Gasteiger partial charge in [-0.3, -0.25) is 14.3 Å². The third-order valence-corrected chi connectivity index (χ3v) is 4.32. The third kappa shape index (κ3) is 3.41. The second-order valence-electron chi connectivity index (χ2n) is 6.03. The minimum absolute atomic E-state index is 0.0106. The highest BCUT2D eigenvalue weighted by molar-refractivity contribution is 5.94. The van der Waals surface area contributed by atoms with E-state index in [9.17, 15) is 9.59 Å². The molecule has 0 unspecified atom stereocenters. The van der Waals surface area contributed by atoms with Gasteiger partial charge in [0.15, 0.2) is 11.5 Å². The summed E-state index contributed by atoms with van der Waals surface area (Å²) >= 11 is 0. The van der Waals surface area contributed by atoms with E-state index in [2.05, 4.69) is 5.10 Å². The number of furan rings is 1. The Hall–Kier alpha value is -2.41. The number of aromatic nitrogens is 2. The van der Waals surface area contributed by atoms with Gasteiger partial charge in [-0.05, 0) is 19.1 Å². The normalized spacial score (nSPS) is 19.2. The average molecular weight is 331 g/mol. The van der Waals surface area contributed by atoms with Crippen molar-refractivity contribution in [1.29, 1.82) is 0 Å². The van der Waals surface area contributed by atoms with Crippen LogP contribution in [-0.4, -0.2) is 52.2 Å². The summed E-state index contributed by atoms with van der Waals surface area (Å²) in [6, 6.07) is 3.04. The molecule has 3 heterocycles. The number of amides is 1. The van der Waals surface area contributed by atoms with Crippen LogP contribution in [0.5, 0.6) is 0 Å². The molecule has 2 atom stereocenters. The SMILES string of the molecule is C[C@H](C(=O)N1CCOC[C@@H]1CC(=O)c1ccco1)c1cnn(C)c1. The molecule has 3 rings (SSSR count). The Labute approximate surface area is 140 Å². The number of morpholine rings is 1. The van der Waals surface area contributed by atoms with E-state index in [1.165, 1.54) is 6.26 Å². The van der Waals surface area contributed by atoms with Gasteiger partial charge >= 0.3 is 0 Å². The first-order chi connectivity index (χ1) is 11.6. The first-order valence-corrected chi connectivity index (χ1v) is 7.99. The number of hydrogen-bond acceptors (Lipinski definition) is 5. The summed E-state index contributed by atoms with van der Waals surface area (Å²) in [5.41, 5.74) is 0.866. The fraction of sp³-hybridized carbons (Fsp3) is 0.471. The quantitative estimate of drug-likeness (QED) is 0.778. The molecular weight excluding hydrogens is 310 g/mol. The lowest BCUT2D eigenvalue weighted by molar-refractivity contribution is -0.141. The summed E-state index contributed by atoms with van der Waals surface area (Å²) < 4.78 is 12.3. The molecular formula is C17H21N3O4. The Morgan fingerprint density at radius 2 is 2.29 bits per heavy atom. The summed E-state index contributed by atoms with van der Waals surface area (Å²) in [6.07, 6.45) is 5.20. The number of hydrogen-bond donors (Lipinski definition) is 0. The number of rotatable bonds is 5. The molecule has 0 aliphatic carbocycles. The second kappa shape index (κ2) is 7.00. The van der Waals surface area contributed by atoms with E-state index in [-0.39, 0.29) is 30.1 Å². The van der Waals surface area contributed by atoms with Gasteiger partial charge in [-0.2, -0.15) is 5.10 Å². The number of nitrogens with zero attached hydrogens (tertiary/aromatic N) is 3. The van der Waals surface area contributed by atoms with Gasteiger partial charge in [0.05, 0.1) is 37.6 Å². The maximum atomic E-state index is 12.9. The van der Waals surface area contributed by atoms with Gasteiger partial charge in [-0.25, -0.2) is 0 Å². The van der Waals surface area contributed by atoms with Gasteiger partial charge in [0.2, 0.25) is 5.91 Å². The van der Waals surface area contributed by atoms with Crippen LogP contribution in [0.25, 0.3) is 0 Å². The zero-order chi connectivity index (χ0) is 17.1. The Kier molecular flexibility index (Phi) is 4.80. The Balaban J connectivity index is 1.71. The molecule has 1 aliphatic heterocycles. The van der Waals surface area contributed by atoms with Crippen LogP contribution in [0.2, 0.25) is 0 Å². The highest BCUT2D eigenvalue weighted by atomic mass is 16.5. The maximum Gasteiger partial charge on any atom is 0.230 e. The molecule has 1 saturated heterocycles. The fourth-order valence-corrected chi connectivity index (χ4v) is 2.92. The average Bonchev–Trinajstić information content (AvgIpc) is 3.25. The third-order valence-electron chi connectivity index (χ3n) is 4.32. The Morgan fingerprint density at radius 1 is 1.46 bits per heavy atom. The van der Waals surface area contributed by atoms with Gasteiger partial charge in [0.1, 0.15) is 0 Å². The first kappa shape index (κ1) is 16.4. The van der Waals surface area contributed by atoms with Gasteiger partial charge in [0, 0.05) is 31.8 Å². The molecule has 0 bridgehead atoms. The summed E-state index contributed by atoms with van der Waals surface area (Å²) in [5.74, 6) is -0.128. The smallest absolute Gasteiger partial charge is 0.230 e. The van der Waals surface area contributed by atoms with Crippen LogP contribution in [0.15, 0.2) is 35.2 Å². The molecule has 2 aromatic rings. The van der Waals surface area contributed by atoms with Crippen molar-refractivity contribution in [2.45, 2.75) is 25.3 Å². The number of carbonyl (C=O) groups is 2. The van der Waals surface area contributed by atoms with E-state index in [0.717, 1.165) is 5.56 Å². The lowest BCUT2D eigenvalue weighted by Gasteiger charge is -2.36. The minimum atomic E-state index is -0.307. The van der Waals surface area contributed by atoms with E-state index >= 15 is 0 Å². The van der Waals surface area contributed by atoms with Crippen molar-refractivity contribution in [2.24, 2.45) is 7.05 Å². The van der Waals surface area contributed by atoms with E-state index in [4.69, 9.17) is 9.15 Å². The summed E-state index contributed by atoms with van der Waals surface area (Å²) in [5, 5.41) is 4.12. The van der Waals surface area contributed by atoms with Crippen LogP contribution in [0.3, 0.4) is 0 Å². The van der Waals surface area contributed by atoms with Gasteiger partial charge < -0.3 is 14.1 Å². The maximum absolute atomic E-state index is 12.9. The Bertz CT molecular complexity index is 707. The number of ketones is 1. The highest BCUT2D eigenvalue weighted by Crippen LogP contribution is 2.22. The number of Topliss-reactive ketones (excluding diaryl/α,β-unsaturated/α-hetero) is 1. The van der Waals surface area contributed by atoms with Crippen molar-refractivity contribution in [2.75, 3.05) is 19.8 Å². The second-order valence-corrected chi connectivity index (χ2v) is 6.03. The van der Waals surface area contributed by atoms with E-state index in [1.54, 1.807) is 27.9 Å². The molecule has 1 fully saturated rings. The van der Waals surface area contributed by atoms with Crippen molar-refractivity contribution < 1.29 is 18.7 Å². The zero-order valence-electron chi connectivity index (χ0n) is 13.8. The predicted octanol–water partition coefficient (Wildman–Crippen LogP) is 1.62. The van der Waals surface area contributed by atoms with Gasteiger partial charge in [0.25, 0.3) is 0 Å². The molecule has 24 heavy (non-hydrogen) atoms. The van der Waals surface area contributed by atoms with E-state index in [1.807, 2.05) is 20.2 Å². The molecule has 0 aromatic carbocycles. The standard InChI is InChI=1S/C17H21N3O4/c1-12(13-9-18-19(2)10-13)17(22)20-5-7-23-11-14(20)8-15(21)16-4-3-6-24-16/h3-4,6,9-10,12,14H,5,7-8,11H2,1-2H3/t12-,14-/m0/s1. The van der Waals surface area contributed by atoms with Crippen molar-refractivity contribution in [3.63, 3.8) is 0 Å². The summed E-state index contributed by atoms with van der Waals surface area (Å²) in [4.78, 5) is 26.9. The summed E-state index contributed by atoms with van der Waals surface area (Å²) in [6.45, 7) is 3.19. The largest absolute Gasteiger partial charge is 0.461 e. The first-order valence-electron chi connectivity index (χ1n) is 7.99. The van der Waals surface area contributed by atoms with Gasteiger partial charge in [-0.15, -0.1) is 0 Å². The minimum Gasteiger partial charge on any atom is -0.461 e. The highest BCUT2D eigenvalue weighted by Gasteiger charge is 2.33. The van der Waals surface area contributed by atoms with Crippen LogP contribution < -0.4 is 0 Å². The number of carbonyl (C=O) groups excluding carboxylic acids is 2. The van der Waals surface area contributed by atoms with E-state index in [0.29, 0.717) is 25.5 Å². The molecule has 7 nitrogen and oxygen atoms in total. The van der Waals surface area contributed by atoms with E-state index < -0.39 is 0 Å². The van der Waals surface area contributed by atoms with Crippen molar-refractivity contribution >= 4 is 11.7 Å². The van der Waals surface area contributed by atoms with Crippen LogP contribution in [0.1, 0.15) is 35.4 Å². The molecule has 1 amide bonds. The van der Waals surface area contributed by atoms with Crippen molar-refractivity contribution in [1.82, 2.24) is 14.7 Å². The molecule has 0 radical (unpaired) electrons. The molecule has 128 valence electrons. The topological polar surface area (TPSA) is 77.6 Å². The van der Waals surface area contributed by atoms with Crippen LogP contribution in [-0.2, 0) is 16.6 Å². The number of aryl methyl sites for hydroxylation is 1. The molecule has 7 heteroatoms. The zero-order valence-corrected chi connectivity index (χ0v) is 13.8. The molecule has 2 aromatic heterocycles. The van der Waals surface area contributed by atoms with Crippen LogP contribution in [0, 0.1) is 0 Å². The molecule has 0 spiro atoms. The lowest BCUT2D eigenvalue weighted by atomic mass is 10.00. The molecule has 1 aliphatic rings. The predicted molar refractivity (Wildman–Crippen MR) is 85.6 cm³/mol. The van der Waals surface area contributed by atoms with Crippen LogP contribution in [0.4, 0.5) is 0 Å². The summed E-state index contributed by atoms with van der Waals surface area (Å²) in [7, 11) is 1.82. The van der Waals surface area contributed by atoms with Crippen LogP contribution >= 0.6 is 0 Å².